The number of thiazole rings is 1. The minimum Gasteiger partial charge on any atom is -0.375 e. The molecule has 1 heterocycles. The van der Waals surface area contributed by atoms with Crippen LogP contribution in [0, 0.1) is 6.92 Å². The van der Waals surface area contributed by atoms with E-state index in [-0.39, 0.29) is 11.4 Å². The van der Waals surface area contributed by atoms with E-state index >= 15 is 0 Å². The molecule has 0 bridgehead atoms. The molecule has 0 saturated carbocycles. The molecule has 0 amide bonds. The van der Waals surface area contributed by atoms with Crippen molar-refractivity contribution < 1.29 is 8.42 Å². The van der Waals surface area contributed by atoms with Crippen molar-refractivity contribution in [2.45, 2.75) is 18.2 Å². The first-order chi connectivity index (χ1) is 9.38. The minimum absolute atomic E-state index is 0.158. The molecule has 0 atom stereocenters. The number of rotatable bonds is 5. The van der Waals surface area contributed by atoms with Crippen molar-refractivity contribution >= 4 is 38.1 Å². The van der Waals surface area contributed by atoms with Gasteiger partial charge in [0.15, 0.2) is 5.13 Å². The van der Waals surface area contributed by atoms with Crippen LogP contribution in [-0.4, -0.2) is 19.9 Å². The number of aryl methyl sites for hydroxylation is 1. The zero-order valence-corrected chi connectivity index (χ0v) is 13.1. The molecule has 0 aliphatic carbocycles. The summed E-state index contributed by atoms with van der Waals surface area (Å²) in [5.74, 6) is 0. The second-order valence-corrected chi connectivity index (χ2v) is 7.30. The lowest BCUT2D eigenvalue weighted by molar-refractivity contribution is 0.581. The van der Waals surface area contributed by atoms with E-state index < -0.39 is 10.0 Å². The van der Waals surface area contributed by atoms with E-state index in [1.807, 2.05) is 12.3 Å². The number of anilines is 1. The van der Waals surface area contributed by atoms with Gasteiger partial charge < -0.3 is 5.73 Å². The van der Waals surface area contributed by atoms with E-state index in [0.29, 0.717) is 16.6 Å². The van der Waals surface area contributed by atoms with Crippen molar-refractivity contribution in [3.63, 3.8) is 0 Å². The molecular weight excluding hydrogens is 318 g/mol. The first kappa shape index (κ1) is 15.2. The van der Waals surface area contributed by atoms with Gasteiger partial charge in [-0.3, -0.25) is 0 Å². The Kier molecular flexibility index (Phi) is 4.64. The molecule has 3 N–H and O–H groups in total. The van der Waals surface area contributed by atoms with Crippen LogP contribution < -0.4 is 10.5 Å². The number of aromatic nitrogens is 1. The SMILES string of the molecule is Cc1ccc(S(=O)(=O)NCCc2csc(N)n2)cc1Cl. The third-order valence-electron chi connectivity index (χ3n) is 2.70. The van der Waals surface area contributed by atoms with Gasteiger partial charge >= 0.3 is 0 Å². The second-order valence-electron chi connectivity index (χ2n) is 4.24. The van der Waals surface area contributed by atoms with E-state index in [4.69, 9.17) is 17.3 Å². The van der Waals surface area contributed by atoms with Crippen LogP contribution in [-0.2, 0) is 16.4 Å². The van der Waals surface area contributed by atoms with Gasteiger partial charge in [-0.2, -0.15) is 0 Å². The second kappa shape index (κ2) is 6.09. The number of hydrogen-bond donors (Lipinski definition) is 2. The first-order valence-electron chi connectivity index (χ1n) is 5.84. The molecule has 1 aromatic carbocycles. The van der Waals surface area contributed by atoms with Crippen molar-refractivity contribution in [1.29, 1.82) is 0 Å². The number of nitrogens with zero attached hydrogens (tertiary/aromatic N) is 1. The molecular formula is C12H14ClN3O2S2. The average Bonchev–Trinajstić information content (AvgIpc) is 2.78. The van der Waals surface area contributed by atoms with E-state index in [1.165, 1.54) is 23.5 Å². The minimum atomic E-state index is -3.55. The molecule has 0 spiro atoms. The molecule has 8 heteroatoms. The summed E-state index contributed by atoms with van der Waals surface area (Å²) in [5.41, 5.74) is 7.12. The van der Waals surface area contributed by atoms with Crippen molar-refractivity contribution in [3.05, 3.63) is 39.9 Å². The summed E-state index contributed by atoms with van der Waals surface area (Å²) in [6, 6.07) is 4.66. The summed E-state index contributed by atoms with van der Waals surface area (Å²) < 4.78 is 26.7. The molecule has 0 aliphatic heterocycles. The molecule has 108 valence electrons. The highest BCUT2D eigenvalue weighted by Gasteiger charge is 2.14. The number of benzene rings is 1. The Morgan fingerprint density at radius 3 is 2.80 bits per heavy atom. The third kappa shape index (κ3) is 3.69. The lowest BCUT2D eigenvalue weighted by atomic mass is 10.2. The van der Waals surface area contributed by atoms with Crippen LogP contribution in [0.3, 0.4) is 0 Å². The van der Waals surface area contributed by atoms with Crippen LogP contribution in [0.15, 0.2) is 28.5 Å². The standard InChI is InChI=1S/C12H14ClN3O2S2/c1-8-2-3-10(6-11(8)13)20(17,18)15-5-4-9-7-19-12(14)16-9/h2-3,6-7,15H,4-5H2,1H3,(H2,14,16). The Morgan fingerprint density at radius 2 is 2.20 bits per heavy atom. The Morgan fingerprint density at radius 1 is 1.45 bits per heavy atom. The number of hydrogen-bond acceptors (Lipinski definition) is 5. The maximum atomic E-state index is 12.1. The fraction of sp³-hybridized carbons (Fsp3) is 0.250. The van der Waals surface area contributed by atoms with Crippen LogP contribution in [0.1, 0.15) is 11.3 Å². The first-order valence-corrected chi connectivity index (χ1v) is 8.58. The topological polar surface area (TPSA) is 85.1 Å². The maximum Gasteiger partial charge on any atom is 0.240 e. The Bertz CT molecular complexity index is 713. The Balaban J connectivity index is 2.02. The van der Waals surface area contributed by atoms with Crippen LogP contribution in [0.25, 0.3) is 0 Å². The Hall–Kier alpha value is -1.15. The summed E-state index contributed by atoms with van der Waals surface area (Å²) in [5, 5.41) is 2.72. The summed E-state index contributed by atoms with van der Waals surface area (Å²) in [4.78, 5) is 4.23. The van der Waals surface area contributed by atoms with Gasteiger partial charge in [0.25, 0.3) is 0 Å². The van der Waals surface area contributed by atoms with E-state index in [0.717, 1.165) is 11.3 Å². The molecule has 1 aromatic heterocycles. The van der Waals surface area contributed by atoms with E-state index in [1.54, 1.807) is 6.07 Å². The molecule has 0 aliphatic rings. The fourth-order valence-corrected chi connectivity index (χ4v) is 3.48. The fourth-order valence-electron chi connectivity index (χ4n) is 1.58. The van der Waals surface area contributed by atoms with Crippen LogP contribution in [0.2, 0.25) is 5.02 Å². The van der Waals surface area contributed by atoms with Gasteiger partial charge in [-0.15, -0.1) is 11.3 Å². The quantitative estimate of drug-likeness (QED) is 0.879. The molecule has 20 heavy (non-hydrogen) atoms. The molecule has 5 nitrogen and oxygen atoms in total. The highest BCUT2D eigenvalue weighted by molar-refractivity contribution is 7.89. The van der Waals surface area contributed by atoms with Gasteiger partial charge in [-0.1, -0.05) is 17.7 Å². The van der Waals surface area contributed by atoms with Crippen LogP contribution in [0.5, 0.6) is 0 Å². The lowest BCUT2D eigenvalue weighted by Gasteiger charge is -2.07. The zero-order valence-electron chi connectivity index (χ0n) is 10.8. The number of nitrogens with two attached hydrogens (primary N) is 1. The maximum absolute atomic E-state index is 12.1. The highest BCUT2D eigenvalue weighted by atomic mass is 35.5. The van der Waals surface area contributed by atoms with Gasteiger partial charge in [0.1, 0.15) is 0 Å². The number of sulfonamides is 1. The summed E-state index contributed by atoms with van der Waals surface area (Å²) >= 11 is 7.27. The van der Waals surface area contributed by atoms with Gasteiger partial charge in [0.2, 0.25) is 10.0 Å². The smallest absolute Gasteiger partial charge is 0.240 e. The third-order valence-corrected chi connectivity index (χ3v) is 5.28. The number of nitrogen functional groups attached to an aromatic ring is 1. The molecule has 0 fully saturated rings. The van der Waals surface area contributed by atoms with Crippen molar-refractivity contribution in [2.24, 2.45) is 0 Å². The van der Waals surface area contributed by atoms with Crippen molar-refractivity contribution in [2.75, 3.05) is 12.3 Å². The van der Waals surface area contributed by atoms with Gasteiger partial charge in [-0.05, 0) is 24.6 Å². The molecule has 0 unspecified atom stereocenters. The predicted molar refractivity (Wildman–Crippen MR) is 81.6 cm³/mol. The average molecular weight is 332 g/mol. The summed E-state index contributed by atoms with van der Waals surface area (Å²) in [6.45, 7) is 2.08. The van der Waals surface area contributed by atoms with Crippen LogP contribution >= 0.6 is 22.9 Å². The van der Waals surface area contributed by atoms with Gasteiger partial charge in [0.05, 0.1) is 10.6 Å². The van der Waals surface area contributed by atoms with E-state index in [2.05, 4.69) is 9.71 Å². The predicted octanol–water partition coefficient (Wildman–Crippen LogP) is 2.21. The normalized spacial score (nSPS) is 11.7. The summed E-state index contributed by atoms with van der Waals surface area (Å²) in [6.07, 6.45) is 0.493. The van der Waals surface area contributed by atoms with Gasteiger partial charge in [0, 0.05) is 23.4 Å². The van der Waals surface area contributed by atoms with Crippen molar-refractivity contribution in [1.82, 2.24) is 9.71 Å². The molecule has 0 saturated heterocycles. The molecule has 2 aromatic rings. The van der Waals surface area contributed by atoms with Gasteiger partial charge in [-0.25, -0.2) is 18.1 Å². The lowest BCUT2D eigenvalue weighted by Crippen LogP contribution is -2.26. The van der Waals surface area contributed by atoms with E-state index in [9.17, 15) is 8.42 Å². The highest BCUT2D eigenvalue weighted by Crippen LogP contribution is 2.19. The number of halogens is 1. The van der Waals surface area contributed by atoms with Crippen LogP contribution in [0.4, 0.5) is 5.13 Å². The monoisotopic (exact) mass is 331 g/mol. The number of nitrogens with one attached hydrogen (secondary N) is 1. The zero-order chi connectivity index (χ0) is 14.8. The molecule has 0 radical (unpaired) electrons. The van der Waals surface area contributed by atoms with Crippen molar-refractivity contribution in [3.8, 4) is 0 Å². The largest absolute Gasteiger partial charge is 0.375 e. The summed E-state index contributed by atoms with van der Waals surface area (Å²) in [7, 11) is -3.55. The molecule has 2 rings (SSSR count). The Labute approximate surface area is 126 Å².